The zero-order chi connectivity index (χ0) is 19.4. The number of nitrogens with zero attached hydrogens (tertiary/aromatic N) is 1. The second-order valence-corrected chi connectivity index (χ2v) is 6.38. The van der Waals surface area contributed by atoms with Crippen LogP contribution in [0.3, 0.4) is 0 Å². The van der Waals surface area contributed by atoms with Gasteiger partial charge in [0.1, 0.15) is 0 Å². The average Bonchev–Trinajstić information content (AvgIpc) is 3.43. The Morgan fingerprint density at radius 1 is 0.889 bits per heavy atom. The van der Waals surface area contributed by atoms with Crippen LogP contribution < -0.4 is 16.0 Å². The summed E-state index contributed by atoms with van der Waals surface area (Å²) < 4.78 is 0. The van der Waals surface area contributed by atoms with Crippen molar-refractivity contribution in [3.05, 3.63) is 54.1 Å². The number of rotatable bonds is 5. The Labute approximate surface area is 156 Å². The van der Waals surface area contributed by atoms with Gasteiger partial charge in [0.05, 0.1) is 23.5 Å². The third-order valence-electron chi connectivity index (χ3n) is 4.20. The van der Waals surface area contributed by atoms with Crippen molar-refractivity contribution in [1.29, 1.82) is 5.26 Å². The second kappa shape index (κ2) is 7.70. The van der Waals surface area contributed by atoms with Crippen LogP contribution in [0.25, 0.3) is 0 Å². The van der Waals surface area contributed by atoms with E-state index in [0.29, 0.717) is 29.0 Å². The molecule has 7 heteroatoms. The van der Waals surface area contributed by atoms with Gasteiger partial charge < -0.3 is 16.0 Å². The van der Waals surface area contributed by atoms with Crippen LogP contribution in [0.1, 0.15) is 18.9 Å². The van der Waals surface area contributed by atoms with E-state index >= 15 is 0 Å². The van der Waals surface area contributed by atoms with Crippen molar-refractivity contribution in [3.8, 4) is 6.07 Å². The molecule has 0 bridgehead atoms. The van der Waals surface area contributed by atoms with Crippen molar-refractivity contribution < 1.29 is 14.4 Å². The fourth-order valence-electron chi connectivity index (χ4n) is 2.75. The van der Waals surface area contributed by atoms with Crippen LogP contribution in [0.15, 0.2) is 48.5 Å². The molecule has 27 heavy (non-hydrogen) atoms. The van der Waals surface area contributed by atoms with E-state index in [1.54, 1.807) is 48.5 Å². The Kier molecular flexibility index (Phi) is 5.18. The van der Waals surface area contributed by atoms with Gasteiger partial charge in [-0.3, -0.25) is 14.4 Å². The Hall–Kier alpha value is -3.66. The summed E-state index contributed by atoms with van der Waals surface area (Å²) in [7, 11) is 0. The number of hydrogen-bond acceptors (Lipinski definition) is 4. The van der Waals surface area contributed by atoms with E-state index in [4.69, 9.17) is 5.26 Å². The lowest BCUT2D eigenvalue weighted by atomic mass is 10.2. The molecule has 1 aliphatic carbocycles. The third kappa shape index (κ3) is 4.70. The molecule has 136 valence electrons. The first-order valence-electron chi connectivity index (χ1n) is 8.46. The summed E-state index contributed by atoms with van der Waals surface area (Å²) in [6.07, 6.45) is 0.485. The first-order chi connectivity index (χ1) is 13.0. The van der Waals surface area contributed by atoms with E-state index in [-0.39, 0.29) is 29.6 Å². The molecule has 1 aliphatic rings. The Balaban J connectivity index is 1.54. The van der Waals surface area contributed by atoms with Crippen LogP contribution >= 0.6 is 0 Å². The Bertz CT molecular complexity index is 931. The minimum absolute atomic E-state index is 0.194. The van der Waals surface area contributed by atoms with E-state index in [1.165, 1.54) is 6.92 Å². The number of nitriles is 1. The molecule has 7 nitrogen and oxygen atoms in total. The molecule has 3 rings (SSSR count). The number of carbonyl (C=O) groups is 3. The first-order valence-corrected chi connectivity index (χ1v) is 8.46. The molecular weight excluding hydrogens is 344 g/mol. The normalized spacial score (nSPS) is 17.3. The predicted molar refractivity (Wildman–Crippen MR) is 101 cm³/mol. The van der Waals surface area contributed by atoms with E-state index in [0.717, 1.165) is 0 Å². The maximum absolute atomic E-state index is 12.3. The number of benzene rings is 2. The topological polar surface area (TPSA) is 111 Å². The first kappa shape index (κ1) is 18.1. The van der Waals surface area contributed by atoms with Crippen LogP contribution in [-0.2, 0) is 14.4 Å². The van der Waals surface area contributed by atoms with Crippen LogP contribution in [0.2, 0.25) is 0 Å². The highest BCUT2D eigenvalue weighted by Gasteiger charge is 2.48. The molecule has 0 spiro atoms. The summed E-state index contributed by atoms with van der Waals surface area (Å²) in [6.45, 7) is 1.41. The van der Waals surface area contributed by atoms with Crippen molar-refractivity contribution >= 4 is 34.8 Å². The number of carbonyl (C=O) groups excluding carboxylic acids is 3. The minimum atomic E-state index is -0.382. The quantitative estimate of drug-likeness (QED) is 0.759. The Morgan fingerprint density at radius 3 is 2.00 bits per heavy atom. The Morgan fingerprint density at radius 2 is 1.44 bits per heavy atom. The summed E-state index contributed by atoms with van der Waals surface area (Å²) in [5, 5.41) is 17.0. The molecular formula is C20H18N4O3. The molecule has 2 aromatic carbocycles. The average molecular weight is 362 g/mol. The van der Waals surface area contributed by atoms with Crippen molar-refractivity contribution in [2.24, 2.45) is 11.8 Å². The molecule has 0 saturated heterocycles. The number of hydrogen-bond donors (Lipinski definition) is 3. The van der Waals surface area contributed by atoms with Crippen molar-refractivity contribution in [3.63, 3.8) is 0 Å². The van der Waals surface area contributed by atoms with Gasteiger partial charge in [-0.15, -0.1) is 0 Å². The van der Waals surface area contributed by atoms with Crippen molar-refractivity contribution in [2.75, 3.05) is 16.0 Å². The molecule has 2 atom stereocenters. The molecule has 0 heterocycles. The molecule has 2 aromatic rings. The molecule has 0 aromatic heterocycles. The fourth-order valence-corrected chi connectivity index (χ4v) is 2.75. The predicted octanol–water partition coefficient (Wildman–Crippen LogP) is 2.73. The van der Waals surface area contributed by atoms with Gasteiger partial charge in [0, 0.05) is 24.0 Å². The maximum atomic E-state index is 12.3. The lowest BCUT2D eigenvalue weighted by Gasteiger charge is -2.08. The van der Waals surface area contributed by atoms with Crippen LogP contribution in [-0.4, -0.2) is 17.7 Å². The molecule has 0 radical (unpaired) electrons. The third-order valence-corrected chi connectivity index (χ3v) is 4.20. The SMILES string of the molecule is CC(=O)Nc1cccc(NC(=O)C2CC2C(=O)Nc2ccc(C#N)cc2)c1. The maximum Gasteiger partial charge on any atom is 0.228 e. The largest absolute Gasteiger partial charge is 0.326 e. The number of amides is 3. The molecule has 3 N–H and O–H groups in total. The minimum Gasteiger partial charge on any atom is -0.326 e. The second-order valence-electron chi connectivity index (χ2n) is 6.38. The van der Waals surface area contributed by atoms with E-state index in [2.05, 4.69) is 16.0 Å². The monoisotopic (exact) mass is 362 g/mol. The van der Waals surface area contributed by atoms with Gasteiger partial charge >= 0.3 is 0 Å². The van der Waals surface area contributed by atoms with E-state index in [9.17, 15) is 14.4 Å². The van der Waals surface area contributed by atoms with Crippen LogP contribution in [0, 0.1) is 23.2 Å². The summed E-state index contributed by atoms with van der Waals surface area (Å²) in [6, 6.07) is 15.4. The fraction of sp³-hybridized carbons (Fsp3) is 0.200. The van der Waals surface area contributed by atoms with Gasteiger partial charge in [0.2, 0.25) is 17.7 Å². The van der Waals surface area contributed by atoms with Gasteiger partial charge in [-0.1, -0.05) is 6.07 Å². The van der Waals surface area contributed by atoms with Crippen LogP contribution in [0.5, 0.6) is 0 Å². The van der Waals surface area contributed by atoms with E-state index < -0.39 is 0 Å². The van der Waals surface area contributed by atoms with Gasteiger partial charge in [0.15, 0.2) is 0 Å². The van der Waals surface area contributed by atoms with Gasteiger partial charge in [-0.05, 0) is 48.9 Å². The lowest BCUT2D eigenvalue weighted by Crippen LogP contribution is -2.20. The van der Waals surface area contributed by atoms with Crippen molar-refractivity contribution in [1.82, 2.24) is 0 Å². The highest BCUT2D eigenvalue weighted by atomic mass is 16.2. The highest BCUT2D eigenvalue weighted by molar-refractivity contribution is 6.03. The van der Waals surface area contributed by atoms with E-state index in [1.807, 2.05) is 6.07 Å². The van der Waals surface area contributed by atoms with Gasteiger partial charge in [0.25, 0.3) is 0 Å². The van der Waals surface area contributed by atoms with Gasteiger partial charge in [-0.2, -0.15) is 5.26 Å². The molecule has 0 aliphatic heterocycles. The molecule has 3 amide bonds. The van der Waals surface area contributed by atoms with Crippen molar-refractivity contribution in [2.45, 2.75) is 13.3 Å². The summed E-state index contributed by atoms with van der Waals surface area (Å²) >= 11 is 0. The highest BCUT2D eigenvalue weighted by Crippen LogP contribution is 2.40. The molecule has 1 saturated carbocycles. The number of nitrogens with one attached hydrogen (secondary N) is 3. The zero-order valence-electron chi connectivity index (χ0n) is 14.7. The zero-order valence-corrected chi connectivity index (χ0v) is 14.7. The number of anilines is 3. The smallest absolute Gasteiger partial charge is 0.228 e. The summed E-state index contributed by atoms with van der Waals surface area (Å²) in [4.78, 5) is 35.7. The molecule has 1 fully saturated rings. The van der Waals surface area contributed by atoms with Gasteiger partial charge in [-0.25, -0.2) is 0 Å². The summed E-state index contributed by atoms with van der Waals surface area (Å²) in [5.74, 6) is -1.39. The van der Waals surface area contributed by atoms with Crippen LogP contribution in [0.4, 0.5) is 17.1 Å². The molecule has 2 unspecified atom stereocenters. The lowest BCUT2D eigenvalue weighted by molar-refractivity contribution is -0.122. The standard InChI is InChI=1S/C20H18N4O3/c1-12(25)22-15-3-2-4-16(9-15)24-20(27)18-10-17(18)19(26)23-14-7-5-13(11-21)6-8-14/h2-9,17-18H,10H2,1H3,(H,22,25)(H,23,26)(H,24,27). The summed E-state index contributed by atoms with van der Waals surface area (Å²) in [5.41, 5.74) is 2.25.